The molecule has 0 atom stereocenters. The van der Waals surface area contributed by atoms with Crippen molar-refractivity contribution >= 4 is 39.6 Å². The molecule has 3 aromatic heterocycles. The summed E-state index contributed by atoms with van der Waals surface area (Å²) in [6.07, 6.45) is 7.64. The Hall–Kier alpha value is -4.27. The third kappa shape index (κ3) is 3.20. The summed E-state index contributed by atoms with van der Waals surface area (Å²) < 4.78 is 8.81. The number of allylic oxidation sites excluding steroid dienone is 1. The predicted octanol–water partition coefficient (Wildman–Crippen LogP) is 2.67. The smallest absolute Gasteiger partial charge is 0.334 e. The number of ether oxygens (including phenoxy) is 1. The molecule has 1 amide bonds. The van der Waals surface area contributed by atoms with Gasteiger partial charge in [0.05, 0.1) is 42.0 Å². The molecule has 0 saturated heterocycles. The average Bonchev–Trinajstić information content (AvgIpc) is 3.49. The minimum atomic E-state index is -0.238. The Morgan fingerprint density at radius 1 is 1.21 bits per heavy atom. The molecule has 9 heteroatoms. The molecule has 0 saturated carbocycles. The highest BCUT2D eigenvalue weighted by Gasteiger charge is 2.22. The van der Waals surface area contributed by atoms with Gasteiger partial charge in [-0.2, -0.15) is 0 Å². The number of hydrogen-bond acceptors (Lipinski definition) is 6. The molecule has 0 aliphatic carbocycles. The number of aryl methyl sites for hydroxylation is 2. The minimum absolute atomic E-state index is 0.225. The first-order valence-electron chi connectivity index (χ1n) is 11.0. The highest BCUT2D eigenvalue weighted by Crippen LogP contribution is 2.34. The minimum Gasteiger partial charge on any atom is -0.496 e. The topological polar surface area (TPSA) is 103 Å². The van der Waals surface area contributed by atoms with Crippen LogP contribution in [0.15, 0.2) is 46.5 Å². The summed E-state index contributed by atoms with van der Waals surface area (Å²) in [5.41, 5.74) is 4.92. The fourth-order valence-corrected chi connectivity index (χ4v) is 4.38. The van der Waals surface area contributed by atoms with Gasteiger partial charge in [-0.1, -0.05) is 13.0 Å². The van der Waals surface area contributed by atoms with Gasteiger partial charge in [0.15, 0.2) is 0 Å². The largest absolute Gasteiger partial charge is 0.496 e. The molecule has 34 heavy (non-hydrogen) atoms. The maximum atomic E-state index is 13.5. The molecule has 0 spiro atoms. The van der Waals surface area contributed by atoms with Gasteiger partial charge in [-0.3, -0.25) is 19.3 Å². The predicted molar refractivity (Wildman–Crippen MR) is 132 cm³/mol. The number of rotatable bonds is 5. The van der Waals surface area contributed by atoms with Gasteiger partial charge in [0.25, 0.3) is 5.91 Å². The Labute approximate surface area is 195 Å². The lowest BCUT2D eigenvalue weighted by molar-refractivity contribution is 0.0962. The number of methoxy groups -OCH3 is 1. The lowest BCUT2D eigenvalue weighted by Gasteiger charge is -2.13. The van der Waals surface area contributed by atoms with Crippen molar-refractivity contribution in [1.29, 1.82) is 0 Å². The summed E-state index contributed by atoms with van der Waals surface area (Å²) >= 11 is 0. The average molecular weight is 457 g/mol. The number of aromatic nitrogens is 4. The van der Waals surface area contributed by atoms with Crippen molar-refractivity contribution in [3.05, 3.63) is 63.8 Å². The van der Waals surface area contributed by atoms with E-state index in [0.29, 0.717) is 46.6 Å². The molecule has 4 aromatic rings. The monoisotopic (exact) mass is 456 g/mol. The van der Waals surface area contributed by atoms with Crippen LogP contribution in [-0.2, 0) is 13.5 Å². The zero-order valence-corrected chi connectivity index (χ0v) is 19.4. The van der Waals surface area contributed by atoms with Gasteiger partial charge in [-0.15, -0.1) is 0 Å². The van der Waals surface area contributed by atoms with Crippen LogP contribution in [0.2, 0.25) is 0 Å². The molecule has 0 bridgehead atoms. The molecular formula is C25H24N6O3. The van der Waals surface area contributed by atoms with Crippen molar-refractivity contribution in [3.8, 4) is 11.6 Å². The molecule has 5 rings (SSSR count). The number of hydrogen-bond donors (Lipinski definition) is 1. The third-order valence-corrected chi connectivity index (χ3v) is 6.19. The highest BCUT2D eigenvalue weighted by atomic mass is 16.5. The molecule has 172 valence electrons. The van der Waals surface area contributed by atoms with Crippen molar-refractivity contribution in [2.24, 2.45) is 12.0 Å². The summed E-state index contributed by atoms with van der Waals surface area (Å²) in [5, 5.41) is 3.41. The summed E-state index contributed by atoms with van der Waals surface area (Å²) in [4.78, 5) is 39.1. The van der Waals surface area contributed by atoms with E-state index in [4.69, 9.17) is 4.74 Å². The molecule has 1 N–H and O–H groups in total. The van der Waals surface area contributed by atoms with E-state index in [-0.39, 0.29) is 11.6 Å². The van der Waals surface area contributed by atoms with E-state index in [1.165, 1.54) is 6.20 Å². The maximum Gasteiger partial charge on any atom is 0.334 e. The van der Waals surface area contributed by atoms with Crippen molar-refractivity contribution in [3.63, 3.8) is 0 Å². The van der Waals surface area contributed by atoms with Crippen LogP contribution in [0.4, 0.5) is 0 Å². The van der Waals surface area contributed by atoms with Crippen LogP contribution in [0.25, 0.3) is 33.3 Å². The second-order valence-corrected chi connectivity index (χ2v) is 8.03. The van der Waals surface area contributed by atoms with E-state index in [1.54, 1.807) is 42.6 Å². The van der Waals surface area contributed by atoms with Crippen molar-refractivity contribution in [2.45, 2.75) is 13.3 Å². The summed E-state index contributed by atoms with van der Waals surface area (Å²) in [7, 11) is 4.92. The van der Waals surface area contributed by atoms with Gasteiger partial charge >= 0.3 is 5.69 Å². The first kappa shape index (κ1) is 21.6. The Morgan fingerprint density at radius 2 is 2.03 bits per heavy atom. The standard InChI is InChI=1S/C25H24N6O3/c1-5-14-8-16(24(32)26-2)12-29-23(14)31-22-18-9-17(15-6-7-27-11-15)21(34-4)10-19(18)28-13-20(22)30(3)25(31)33/h6,8-13H,5,7H2,1-4H3,(H,26,32). The van der Waals surface area contributed by atoms with Gasteiger partial charge in [0, 0.05) is 49.1 Å². The lowest BCUT2D eigenvalue weighted by Crippen LogP contribution is -2.24. The number of carbonyl (C=O) groups excluding carboxylic acids is 1. The number of nitrogens with zero attached hydrogens (tertiary/aromatic N) is 5. The fourth-order valence-electron chi connectivity index (χ4n) is 4.38. The van der Waals surface area contributed by atoms with Crippen LogP contribution in [-0.4, -0.2) is 51.9 Å². The number of carbonyl (C=O) groups is 1. The summed E-state index contributed by atoms with van der Waals surface area (Å²) in [6, 6.07) is 5.65. The van der Waals surface area contributed by atoms with E-state index in [1.807, 2.05) is 31.3 Å². The van der Waals surface area contributed by atoms with Crippen LogP contribution in [0.5, 0.6) is 5.75 Å². The first-order valence-corrected chi connectivity index (χ1v) is 11.0. The van der Waals surface area contributed by atoms with Crippen molar-refractivity contribution in [1.82, 2.24) is 24.4 Å². The zero-order chi connectivity index (χ0) is 24.0. The van der Waals surface area contributed by atoms with E-state index >= 15 is 0 Å². The molecule has 0 radical (unpaired) electrons. The number of imidazole rings is 1. The fraction of sp³-hybridized carbons (Fsp3) is 0.240. The lowest BCUT2D eigenvalue weighted by atomic mass is 10.0. The number of pyridine rings is 2. The SMILES string of the molecule is CCc1cc(C(=O)NC)cnc1-n1c(=O)n(C)c2cnc3cc(OC)c(C4=CCN=C4)cc3c21. The molecule has 1 aliphatic rings. The maximum absolute atomic E-state index is 13.5. The normalized spacial score (nSPS) is 13.0. The molecule has 4 heterocycles. The number of amides is 1. The van der Waals surface area contributed by atoms with Gasteiger partial charge in [0.2, 0.25) is 0 Å². The van der Waals surface area contributed by atoms with Gasteiger partial charge in [0.1, 0.15) is 11.6 Å². The van der Waals surface area contributed by atoms with E-state index in [9.17, 15) is 9.59 Å². The highest BCUT2D eigenvalue weighted by molar-refractivity contribution is 6.15. The molecule has 9 nitrogen and oxygen atoms in total. The Morgan fingerprint density at radius 3 is 2.71 bits per heavy atom. The van der Waals surface area contributed by atoms with Crippen LogP contribution in [0.1, 0.15) is 28.4 Å². The van der Waals surface area contributed by atoms with Crippen molar-refractivity contribution in [2.75, 3.05) is 20.7 Å². The van der Waals surface area contributed by atoms with Gasteiger partial charge in [-0.25, -0.2) is 14.3 Å². The first-order chi connectivity index (χ1) is 16.5. The summed E-state index contributed by atoms with van der Waals surface area (Å²) in [6.45, 7) is 2.59. The number of nitrogens with one attached hydrogen (secondary N) is 1. The molecule has 1 aromatic carbocycles. The van der Waals surface area contributed by atoms with Crippen LogP contribution in [0.3, 0.4) is 0 Å². The van der Waals surface area contributed by atoms with E-state index in [2.05, 4.69) is 20.3 Å². The molecule has 0 unspecified atom stereocenters. The van der Waals surface area contributed by atoms with Gasteiger partial charge < -0.3 is 10.1 Å². The van der Waals surface area contributed by atoms with Crippen molar-refractivity contribution < 1.29 is 9.53 Å². The van der Waals surface area contributed by atoms with Crippen LogP contribution >= 0.6 is 0 Å². The number of fused-ring (bicyclic) bond motifs is 3. The second kappa shape index (κ2) is 8.26. The Kier molecular flexibility index (Phi) is 5.24. The van der Waals surface area contributed by atoms with E-state index < -0.39 is 0 Å². The second-order valence-electron chi connectivity index (χ2n) is 8.03. The molecular weight excluding hydrogens is 432 g/mol. The number of aliphatic imine (C=N–C) groups is 1. The van der Waals surface area contributed by atoms with Crippen LogP contribution < -0.4 is 15.7 Å². The quantitative estimate of drug-likeness (QED) is 0.497. The number of benzene rings is 1. The third-order valence-electron chi connectivity index (χ3n) is 6.19. The zero-order valence-electron chi connectivity index (χ0n) is 19.4. The molecule has 1 aliphatic heterocycles. The Bertz CT molecular complexity index is 1590. The summed E-state index contributed by atoms with van der Waals surface area (Å²) in [5.74, 6) is 0.959. The Balaban J connectivity index is 1.87. The van der Waals surface area contributed by atoms with E-state index in [0.717, 1.165) is 22.1 Å². The van der Waals surface area contributed by atoms with Crippen LogP contribution in [0, 0.1) is 0 Å². The molecule has 0 fully saturated rings. The van der Waals surface area contributed by atoms with Gasteiger partial charge in [-0.05, 0) is 24.1 Å².